The number of hydrogen-bond acceptors (Lipinski definition) is 3. The molecule has 3 rings (SSSR count). The number of nitrogens with one attached hydrogen (secondary N) is 3. The molecule has 110 valence electrons. The van der Waals surface area contributed by atoms with Crippen LogP contribution >= 0.6 is 11.6 Å². The Morgan fingerprint density at radius 1 is 0.955 bits per heavy atom. The van der Waals surface area contributed by atoms with Gasteiger partial charge in [-0.15, -0.1) is 0 Å². The summed E-state index contributed by atoms with van der Waals surface area (Å²) in [7, 11) is 0. The van der Waals surface area contributed by atoms with Crippen LogP contribution in [0.25, 0.3) is 10.8 Å². The Hall–Kier alpha value is -2.86. The van der Waals surface area contributed by atoms with E-state index in [2.05, 4.69) is 15.5 Å². The van der Waals surface area contributed by atoms with Gasteiger partial charge in [-0.25, -0.2) is 0 Å². The van der Waals surface area contributed by atoms with E-state index in [0.717, 1.165) is 0 Å². The van der Waals surface area contributed by atoms with Crippen molar-refractivity contribution in [2.75, 3.05) is 5.32 Å². The van der Waals surface area contributed by atoms with Crippen molar-refractivity contribution in [1.29, 1.82) is 0 Å². The van der Waals surface area contributed by atoms with Gasteiger partial charge in [0.15, 0.2) is 0 Å². The lowest BCUT2D eigenvalue weighted by Crippen LogP contribution is -2.21. The fraction of sp³-hybridized carbons (Fsp3) is 0. The summed E-state index contributed by atoms with van der Waals surface area (Å²) in [5.41, 5.74) is -0.258. The number of hydrogen-bond donors (Lipinski definition) is 3. The molecule has 0 aliphatic rings. The van der Waals surface area contributed by atoms with Crippen molar-refractivity contribution < 1.29 is 4.79 Å². The molecule has 0 fully saturated rings. The fourth-order valence-corrected chi connectivity index (χ4v) is 2.26. The van der Waals surface area contributed by atoms with Gasteiger partial charge in [-0.3, -0.25) is 24.6 Å². The van der Waals surface area contributed by atoms with Crippen molar-refractivity contribution >= 4 is 34.0 Å². The van der Waals surface area contributed by atoms with E-state index in [0.29, 0.717) is 10.6 Å². The van der Waals surface area contributed by atoms with Crippen LogP contribution in [0.15, 0.2) is 52.1 Å². The van der Waals surface area contributed by atoms with Crippen LogP contribution in [0.3, 0.4) is 0 Å². The maximum Gasteiger partial charge on any atom is 0.272 e. The number of H-pyrrole nitrogens is 2. The zero-order chi connectivity index (χ0) is 15.7. The molecule has 0 aliphatic heterocycles. The number of rotatable bonds is 2. The Balaban J connectivity index is 2.06. The molecule has 22 heavy (non-hydrogen) atoms. The molecule has 0 unspecified atom stereocenters. The standard InChI is InChI=1S/C15H10ClN3O3/c16-9-6-4-8(5-7-9)13(20)17-11-3-1-2-10-12(11)15(22)19-18-14(10)21/h1-7H,(H,17,20)(H,18,21)(H,19,22). The first-order chi connectivity index (χ1) is 10.6. The van der Waals surface area contributed by atoms with Crippen LogP contribution in [0, 0.1) is 0 Å². The van der Waals surface area contributed by atoms with Gasteiger partial charge in [0.05, 0.1) is 16.5 Å². The summed E-state index contributed by atoms with van der Waals surface area (Å²) in [6.07, 6.45) is 0. The topological polar surface area (TPSA) is 94.8 Å². The van der Waals surface area contributed by atoms with Crippen molar-refractivity contribution in [1.82, 2.24) is 10.2 Å². The normalized spacial score (nSPS) is 10.6. The Morgan fingerprint density at radius 2 is 1.64 bits per heavy atom. The predicted molar refractivity (Wildman–Crippen MR) is 84.6 cm³/mol. The lowest BCUT2D eigenvalue weighted by molar-refractivity contribution is 0.102. The highest BCUT2D eigenvalue weighted by molar-refractivity contribution is 6.30. The first-order valence-corrected chi connectivity index (χ1v) is 6.74. The lowest BCUT2D eigenvalue weighted by Gasteiger charge is -2.07. The van der Waals surface area contributed by atoms with Gasteiger partial charge in [0.2, 0.25) is 0 Å². The highest BCUT2D eigenvalue weighted by Crippen LogP contribution is 2.18. The minimum Gasteiger partial charge on any atom is -0.321 e. The summed E-state index contributed by atoms with van der Waals surface area (Å²) in [6, 6.07) is 11.0. The maximum absolute atomic E-state index is 12.2. The number of halogens is 1. The van der Waals surface area contributed by atoms with Gasteiger partial charge in [-0.2, -0.15) is 0 Å². The number of carbonyl (C=O) groups is 1. The Kier molecular flexibility index (Phi) is 3.52. The second-order valence-electron chi connectivity index (χ2n) is 4.60. The Labute approximate surface area is 128 Å². The fourth-order valence-electron chi connectivity index (χ4n) is 2.13. The molecule has 1 aromatic heterocycles. The SMILES string of the molecule is O=C(Nc1cccc2c(=O)[nH][nH]c(=O)c12)c1ccc(Cl)cc1. The van der Waals surface area contributed by atoms with Crippen LogP contribution in [0.2, 0.25) is 5.02 Å². The number of amides is 1. The summed E-state index contributed by atoms with van der Waals surface area (Å²) >= 11 is 5.78. The van der Waals surface area contributed by atoms with Gasteiger partial charge in [0, 0.05) is 10.6 Å². The largest absolute Gasteiger partial charge is 0.321 e. The minimum absolute atomic E-state index is 0.133. The zero-order valence-electron chi connectivity index (χ0n) is 11.1. The molecule has 1 amide bonds. The average Bonchev–Trinajstić information content (AvgIpc) is 2.52. The highest BCUT2D eigenvalue weighted by Gasteiger charge is 2.12. The minimum atomic E-state index is -0.485. The molecule has 1 heterocycles. The number of aromatic nitrogens is 2. The van der Waals surface area contributed by atoms with E-state index in [9.17, 15) is 14.4 Å². The van der Waals surface area contributed by atoms with Crippen molar-refractivity contribution in [2.45, 2.75) is 0 Å². The van der Waals surface area contributed by atoms with Crippen molar-refractivity contribution in [2.24, 2.45) is 0 Å². The molecule has 2 aromatic carbocycles. The van der Waals surface area contributed by atoms with E-state index >= 15 is 0 Å². The third-order valence-electron chi connectivity index (χ3n) is 3.18. The quantitative estimate of drug-likeness (QED) is 0.676. The maximum atomic E-state index is 12.2. The highest BCUT2D eigenvalue weighted by atomic mass is 35.5. The van der Waals surface area contributed by atoms with E-state index in [1.165, 1.54) is 6.07 Å². The van der Waals surface area contributed by atoms with Crippen LogP contribution in [0.4, 0.5) is 5.69 Å². The van der Waals surface area contributed by atoms with Crippen LogP contribution in [0.5, 0.6) is 0 Å². The summed E-state index contributed by atoms with van der Waals surface area (Å²) in [5, 5.41) is 7.97. The number of benzene rings is 2. The number of fused-ring (bicyclic) bond motifs is 1. The Bertz CT molecular complexity index is 974. The second kappa shape index (κ2) is 5.50. The molecule has 0 spiro atoms. The number of aromatic amines is 2. The summed E-state index contributed by atoms with van der Waals surface area (Å²) < 4.78 is 0. The predicted octanol–water partition coefficient (Wildman–Crippen LogP) is 2.12. The molecule has 7 heteroatoms. The molecule has 0 aliphatic carbocycles. The van der Waals surface area contributed by atoms with Gasteiger partial charge >= 0.3 is 0 Å². The van der Waals surface area contributed by atoms with Gasteiger partial charge < -0.3 is 5.32 Å². The molecule has 0 atom stereocenters. The van der Waals surface area contributed by atoms with Crippen LogP contribution in [-0.2, 0) is 0 Å². The molecular formula is C15H10ClN3O3. The van der Waals surface area contributed by atoms with E-state index in [4.69, 9.17) is 11.6 Å². The van der Waals surface area contributed by atoms with Crippen molar-refractivity contribution in [3.8, 4) is 0 Å². The van der Waals surface area contributed by atoms with Crippen molar-refractivity contribution in [3.63, 3.8) is 0 Å². The van der Waals surface area contributed by atoms with Crippen LogP contribution < -0.4 is 16.4 Å². The zero-order valence-corrected chi connectivity index (χ0v) is 11.9. The smallest absolute Gasteiger partial charge is 0.272 e. The molecule has 0 saturated heterocycles. The van der Waals surface area contributed by atoms with E-state index in [1.807, 2.05) is 0 Å². The second-order valence-corrected chi connectivity index (χ2v) is 5.03. The van der Waals surface area contributed by atoms with Crippen molar-refractivity contribution in [3.05, 3.63) is 73.8 Å². The number of anilines is 1. The van der Waals surface area contributed by atoms with Gasteiger partial charge in [0.1, 0.15) is 0 Å². The molecule has 0 radical (unpaired) electrons. The summed E-state index contributed by atoms with van der Waals surface area (Å²) in [5.74, 6) is -0.399. The summed E-state index contributed by atoms with van der Waals surface area (Å²) in [6.45, 7) is 0. The molecule has 3 aromatic rings. The van der Waals surface area contributed by atoms with E-state index in [1.54, 1.807) is 36.4 Å². The summed E-state index contributed by atoms with van der Waals surface area (Å²) in [4.78, 5) is 35.9. The molecule has 0 saturated carbocycles. The molecular weight excluding hydrogens is 306 g/mol. The first kappa shape index (κ1) is 14.1. The monoisotopic (exact) mass is 315 g/mol. The van der Waals surface area contributed by atoms with Gasteiger partial charge in [0.25, 0.3) is 17.0 Å². The van der Waals surface area contributed by atoms with Crippen LogP contribution in [-0.4, -0.2) is 16.1 Å². The van der Waals surface area contributed by atoms with Gasteiger partial charge in [-0.1, -0.05) is 17.7 Å². The third-order valence-corrected chi connectivity index (χ3v) is 3.43. The average molecular weight is 316 g/mol. The Morgan fingerprint density at radius 3 is 2.36 bits per heavy atom. The van der Waals surface area contributed by atoms with Crippen LogP contribution in [0.1, 0.15) is 10.4 Å². The third kappa shape index (κ3) is 2.51. The molecule has 0 bridgehead atoms. The first-order valence-electron chi connectivity index (χ1n) is 6.37. The molecule has 3 N–H and O–H groups in total. The van der Waals surface area contributed by atoms with E-state index in [-0.39, 0.29) is 16.5 Å². The van der Waals surface area contributed by atoms with E-state index < -0.39 is 17.0 Å². The lowest BCUT2D eigenvalue weighted by atomic mass is 10.1. The van der Waals surface area contributed by atoms with Gasteiger partial charge in [-0.05, 0) is 36.4 Å². The number of carbonyl (C=O) groups excluding carboxylic acids is 1. The molecule has 6 nitrogen and oxygen atoms in total.